The van der Waals surface area contributed by atoms with E-state index in [9.17, 15) is 29.4 Å². The van der Waals surface area contributed by atoms with Gasteiger partial charge in [-0.2, -0.15) is 0 Å². The predicted molar refractivity (Wildman–Crippen MR) is 145 cm³/mol. The Kier molecular flexibility index (Phi) is 22.1. The first-order valence-corrected chi connectivity index (χ1v) is 14.5. The first kappa shape index (κ1) is 34.0. The first-order chi connectivity index (χ1) is 17.3. The highest BCUT2D eigenvalue weighted by molar-refractivity contribution is 6.05. The number of rotatable bonds is 26. The lowest BCUT2D eigenvalue weighted by molar-refractivity contribution is -0.137. The molecule has 0 bridgehead atoms. The third-order valence-electron chi connectivity index (χ3n) is 6.75. The van der Waals surface area contributed by atoms with Crippen molar-refractivity contribution in [3.63, 3.8) is 0 Å². The Morgan fingerprint density at radius 1 is 0.417 bits per heavy atom. The average Bonchev–Trinajstić information content (AvgIpc) is 2.83. The van der Waals surface area contributed by atoms with Gasteiger partial charge < -0.3 is 10.2 Å². The molecule has 36 heavy (non-hydrogen) atoms. The Morgan fingerprint density at radius 3 is 0.917 bits per heavy atom. The van der Waals surface area contributed by atoms with Crippen molar-refractivity contribution < 1.29 is 29.4 Å². The lowest BCUT2D eigenvalue weighted by Crippen LogP contribution is -2.17. The van der Waals surface area contributed by atoms with Gasteiger partial charge in [-0.15, -0.1) is 0 Å². The fourth-order valence-corrected chi connectivity index (χ4v) is 4.46. The highest BCUT2D eigenvalue weighted by Crippen LogP contribution is 2.19. The summed E-state index contributed by atoms with van der Waals surface area (Å²) in [6.07, 6.45) is 19.6. The van der Waals surface area contributed by atoms with Crippen LogP contribution in [0.4, 0.5) is 0 Å². The van der Waals surface area contributed by atoms with Crippen LogP contribution in [0.5, 0.6) is 0 Å². The molecule has 2 N–H and O–H groups in total. The Morgan fingerprint density at radius 2 is 0.667 bits per heavy atom. The van der Waals surface area contributed by atoms with Crippen LogP contribution < -0.4 is 0 Å². The smallest absolute Gasteiger partial charge is 0.332 e. The molecule has 0 saturated heterocycles. The second-order valence-electron chi connectivity index (χ2n) is 10.2. The summed E-state index contributed by atoms with van der Waals surface area (Å²) in [7, 11) is 0. The quantitative estimate of drug-likeness (QED) is 0.0900. The van der Waals surface area contributed by atoms with Gasteiger partial charge in [0.1, 0.15) is 11.6 Å². The largest absolute Gasteiger partial charge is 0.478 e. The van der Waals surface area contributed by atoms with E-state index in [2.05, 4.69) is 13.8 Å². The molecule has 0 aromatic heterocycles. The average molecular weight is 509 g/mol. The fraction of sp³-hybridized carbons (Fsp3) is 0.800. The third kappa shape index (κ3) is 19.2. The number of hydrogen-bond donors (Lipinski definition) is 2. The standard InChI is InChI=1S/C30H52O6/c1-3-5-7-9-11-13-15-17-19-21-25(31)23-27(29(33)34)28(30(35)36)24-26(32)22-20-18-16-14-12-10-8-6-4-2/h3-24H2,1-2H3,(H,33,34)(H,35,36)/b28-27+. The van der Waals surface area contributed by atoms with E-state index in [1.807, 2.05) is 0 Å². The fourth-order valence-electron chi connectivity index (χ4n) is 4.46. The van der Waals surface area contributed by atoms with E-state index in [1.165, 1.54) is 64.2 Å². The van der Waals surface area contributed by atoms with E-state index in [-0.39, 0.29) is 24.4 Å². The van der Waals surface area contributed by atoms with Gasteiger partial charge in [0.25, 0.3) is 0 Å². The Labute approximate surface area is 219 Å². The van der Waals surface area contributed by atoms with Gasteiger partial charge in [0.05, 0.1) is 11.1 Å². The zero-order chi connectivity index (χ0) is 27.0. The van der Waals surface area contributed by atoms with E-state index in [0.29, 0.717) is 12.8 Å². The van der Waals surface area contributed by atoms with Crippen molar-refractivity contribution in [3.8, 4) is 0 Å². The van der Waals surface area contributed by atoms with E-state index in [1.54, 1.807) is 0 Å². The molecule has 0 saturated carbocycles. The molecule has 6 heteroatoms. The third-order valence-corrected chi connectivity index (χ3v) is 6.75. The van der Waals surface area contributed by atoms with Crippen molar-refractivity contribution in [1.82, 2.24) is 0 Å². The van der Waals surface area contributed by atoms with Crippen LogP contribution in [-0.2, 0) is 19.2 Å². The van der Waals surface area contributed by atoms with E-state index in [0.717, 1.165) is 38.5 Å². The van der Waals surface area contributed by atoms with Crippen LogP contribution in [0, 0.1) is 0 Å². The van der Waals surface area contributed by atoms with Crippen molar-refractivity contribution in [2.24, 2.45) is 0 Å². The summed E-state index contributed by atoms with van der Waals surface area (Å²) in [4.78, 5) is 48.2. The molecule has 6 nitrogen and oxygen atoms in total. The predicted octanol–water partition coefficient (Wildman–Crippen LogP) is 8.21. The molecule has 0 aliphatic carbocycles. The number of unbranched alkanes of at least 4 members (excludes halogenated alkanes) is 16. The Balaban J connectivity index is 4.44. The number of carbonyl (C=O) groups excluding carboxylic acids is 2. The molecule has 0 unspecified atom stereocenters. The molecule has 0 heterocycles. The number of carboxylic acid groups (broad SMARTS) is 2. The molecule has 0 spiro atoms. The van der Waals surface area contributed by atoms with Crippen LogP contribution >= 0.6 is 0 Å². The molecule has 0 amide bonds. The highest BCUT2D eigenvalue weighted by Gasteiger charge is 2.24. The summed E-state index contributed by atoms with van der Waals surface area (Å²) in [5.74, 6) is -3.41. The van der Waals surface area contributed by atoms with E-state index < -0.39 is 35.9 Å². The molecule has 0 rings (SSSR count). The molecule has 0 aliphatic rings. The minimum absolute atomic E-state index is 0.242. The molecular weight excluding hydrogens is 456 g/mol. The van der Waals surface area contributed by atoms with Crippen molar-refractivity contribution in [2.75, 3.05) is 0 Å². The van der Waals surface area contributed by atoms with Gasteiger partial charge in [0.2, 0.25) is 0 Å². The zero-order valence-corrected chi connectivity index (χ0v) is 23.1. The molecule has 0 aromatic rings. The number of hydrogen-bond acceptors (Lipinski definition) is 4. The first-order valence-electron chi connectivity index (χ1n) is 14.5. The van der Waals surface area contributed by atoms with Crippen molar-refractivity contribution in [2.45, 2.75) is 155 Å². The van der Waals surface area contributed by atoms with Crippen LogP contribution in [0.25, 0.3) is 0 Å². The second-order valence-corrected chi connectivity index (χ2v) is 10.2. The molecule has 0 aliphatic heterocycles. The van der Waals surface area contributed by atoms with Crippen molar-refractivity contribution in [1.29, 1.82) is 0 Å². The van der Waals surface area contributed by atoms with Crippen LogP contribution in [0.2, 0.25) is 0 Å². The van der Waals surface area contributed by atoms with Gasteiger partial charge in [-0.25, -0.2) is 9.59 Å². The van der Waals surface area contributed by atoms with Gasteiger partial charge in [0, 0.05) is 25.7 Å². The molecular formula is C30H52O6. The van der Waals surface area contributed by atoms with Gasteiger partial charge >= 0.3 is 11.9 Å². The topological polar surface area (TPSA) is 109 Å². The molecule has 208 valence electrons. The Bertz CT molecular complexity index is 608. The molecule has 0 fully saturated rings. The number of carbonyl (C=O) groups is 4. The summed E-state index contributed by atoms with van der Waals surface area (Å²) in [5, 5.41) is 19.1. The maximum Gasteiger partial charge on any atom is 0.332 e. The van der Waals surface area contributed by atoms with Gasteiger partial charge in [-0.05, 0) is 12.8 Å². The van der Waals surface area contributed by atoms with Gasteiger partial charge in [-0.3, -0.25) is 9.59 Å². The summed E-state index contributed by atoms with van der Waals surface area (Å²) in [5.41, 5.74) is -0.882. The zero-order valence-electron chi connectivity index (χ0n) is 23.1. The number of carboxylic acids is 2. The van der Waals surface area contributed by atoms with Crippen LogP contribution in [0.3, 0.4) is 0 Å². The number of Topliss-reactive ketones (excluding diaryl/α,β-unsaturated/α-hetero) is 2. The normalized spacial score (nSPS) is 11.8. The van der Waals surface area contributed by atoms with Gasteiger partial charge in [0.15, 0.2) is 0 Å². The summed E-state index contributed by atoms with van der Waals surface area (Å²) < 4.78 is 0. The Hall–Kier alpha value is -1.98. The summed E-state index contributed by atoms with van der Waals surface area (Å²) in [6, 6.07) is 0. The second kappa shape index (κ2) is 23.4. The SMILES string of the molecule is CCCCCCCCCCCC(=O)C/C(C(=O)O)=C(/CC(=O)CCCCCCCCCCC)C(=O)O. The van der Waals surface area contributed by atoms with Crippen LogP contribution in [0.15, 0.2) is 11.1 Å². The number of aliphatic carboxylic acids is 2. The number of ketones is 2. The van der Waals surface area contributed by atoms with E-state index in [4.69, 9.17) is 0 Å². The van der Waals surface area contributed by atoms with Crippen molar-refractivity contribution in [3.05, 3.63) is 11.1 Å². The summed E-state index contributed by atoms with van der Waals surface area (Å²) in [6.45, 7) is 4.38. The molecule has 0 radical (unpaired) electrons. The highest BCUT2D eigenvalue weighted by atomic mass is 16.4. The maximum absolute atomic E-state index is 12.4. The monoisotopic (exact) mass is 508 g/mol. The van der Waals surface area contributed by atoms with Crippen LogP contribution in [0.1, 0.15) is 155 Å². The van der Waals surface area contributed by atoms with Crippen LogP contribution in [-0.4, -0.2) is 33.7 Å². The molecule has 0 aromatic carbocycles. The van der Waals surface area contributed by atoms with Crippen molar-refractivity contribution >= 4 is 23.5 Å². The molecule has 0 atom stereocenters. The van der Waals surface area contributed by atoms with Gasteiger partial charge in [-0.1, -0.05) is 117 Å². The van der Waals surface area contributed by atoms with E-state index >= 15 is 0 Å². The lowest BCUT2D eigenvalue weighted by atomic mass is 9.95. The maximum atomic E-state index is 12.4. The minimum atomic E-state index is -1.43. The lowest BCUT2D eigenvalue weighted by Gasteiger charge is -2.09. The summed E-state index contributed by atoms with van der Waals surface area (Å²) >= 11 is 0. The minimum Gasteiger partial charge on any atom is -0.478 e.